The van der Waals surface area contributed by atoms with E-state index >= 15 is 0 Å². The standard InChI is InChI=1S/C24H26N4O3/c1-30-21-8-5-9-22(16-21)31-18-24(29)26-19-10-11-23(25-17-19)28-14-12-27(13-15-28)20-6-3-2-4-7-20/h2-11,16-17H,12-15,18H2,1H3,(H,26,29). The van der Waals surface area contributed by atoms with Gasteiger partial charge in [-0.3, -0.25) is 4.79 Å². The fourth-order valence-corrected chi connectivity index (χ4v) is 3.52. The van der Waals surface area contributed by atoms with E-state index in [0.717, 1.165) is 32.0 Å². The second-order valence-corrected chi connectivity index (χ2v) is 7.23. The Kier molecular flexibility index (Phi) is 6.52. The number of nitrogens with one attached hydrogen (secondary N) is 1. The van der Waals surface area contributed by atoms with Crippen LogP contribution in [-0.2, 0) is 4.79 Å². The summed E-state index contributed by atoms with van der Waals surface area (Å²) < 4.78 is 10.7. The number of pyridine rings is 1. The molecule has 7 heteroatoms. The Labute approximate surface area is 182 Å². The number of rotatable bonds is 7. The number of piperazine rings is 1. The Morgan fingerprint density at radius 2 is 1.68 bits per heavy atom. The van der Waals surface area contributed by atoms with E-state index in [1.807, 2.05) is 30.3 Å². The molecule has 1 aliphatic rings. The maximum atomic E-state index is 12.2. The molecule has 4 rings (SSSR count). The molecular weight excluding hydrogens is 392 g/mol. The van der Waals surface area contributed by atoms with Gasteiger partial charge in [-0.05, 0) is 36.4 Å². The number of nitrogens with zero attached hydrogens (tertiary/aromatic N) is 3. The Morgan fingerprint density at radius 3 is 2.39 bits per heavy atom. The summed E-state index contributed by atoms with van der Waals surface area (Å²) in [6.07, 6.45) is 1.68. The second-order valence-electron chi connectivity index (χ2n) is 7.23. The molecule has 31 heavy (non-hydrogen) atoms. The van der Waals surface area contributed by atoms with Gasteiger partial charge in [0.05, 0.1) is 19.0 Å². The molecule has 0 aliphatic carbocycles. The first kappa shape index (κ1) is 20.5. The van der Waals surface area contributed by atoms with Gasteiger partial charge in [0.2, 0.25) is 0 Å². The van der Waals surface area contributed by atoms with Crippen molar-refractivity contribution in [3.63, 3.8) is 0 Å². The van der Waals surface area contributed by atoms with Crippen LogP contribution in [0.4, 0.5) is 17.2 Å². The lowest BCUT2D eigenvalue weighted by Crippen LogP contribution is -2.46. The number of benzene rings is 2. The van der Waals surface area contributed by atoms with Gasteiger partial charge in [0, 0.05) is 37.9 Å². The monoisotopic (exact) mass is 418 g/mol. The van der Waals surface area contributed by atoms with E-state index in [9.17, 15) is 4.79 Å². The fourth-order valence-electron chi connectivity index (χ4n) is 3.52. The molecular formula is C24H26N4O3. The number of aromatic nitrogens is 1. The molecule has 7 nitrogen and oxygen atoms in total. The number of carbonyl (C=O) groups is 1. The van der Waals surface area contributed by atoms with Gasteiger partial charge in [0.15, 0.2) is 6.61 Å². The second kappa shape index (κ2) is 9.84. The Hall–Kier alpha value is -3.74. The van der Waals surface area contributed by atoms with Crippen molar-refractivity contribution in [3.05, 3.63) is 72.9 Å². The van der Waals surface area contributed by atoms with Crippen molar-refractivity contribution in [2.24, 2.45) is 0 Å². The number of hydrogen-bond donors (Lipinski definition) is 1. The highest BCUT2D eigenvalue weighted by molar-refractivity contribution is 5.91. The van der Waals surface area contributed by atoms with Gasteiger partial charge in [-0.2, -0.15) is 0 Å². The summed E-state index contributed by atoms with van der Waals surface area (Å²) in [7, 11) is 1.59. The topological polar surface area (TPSA) is 66.9 Å². The van der Waals surface area contributed by atoms with Gasteiger partial charge in [0.1, 0.15) is 17.3 Å². The molecule has 1 saturated heterocycles. The predicted molar refractivity (Wildman–Crippen MR) is 122 cm³/mol. The molecule has 160 valence electrons. The minimum atomic E-state index is -0.242. The number of anilines is 3. The van der Waals surface area contributed by atoms with Gasteiger partial charge >= 0.3 is 0 Å². The third kappa shape index (κ3) is 5.45. The number of para-hydroxylation sites is 1. The van der Waals surface area contributed by atoms with E-state index in [1.54, 1.807) is 25.4 Å². The largest absolute Gasteiger partial charge is 0.497 e. The molecule has 1 N–H and O–H groups in total. The number of hydrogen-bond acceptors (Lipinski definition) is 6. The summed E-state index contributed by atoms with van der Waals surface area (Å²) in [6.45, 7) is 3.62. The van der Waals surface area contributed by atoms with E-state index in [2.05, 4.69) is 44.4 Å². The lowest BCUT2D eigenvalue weighted by atomic mass is 10.2. The average molecular weight is 418 g/mol. The summed E-state index contributed by atoms with van der Waals surface area (Å²) in [6, 6.07) is 21.4. The van der Waals surface area contributed by atoms with Crippen LogP contribution in [0.3, 0.4) is 0 Å². The van der Waals surface area contributed by atoms with Crippen LogP contribution in [0.25, 0.3) is 0 Å². The zero-order valence-electron chi connectivity index (χ0n) is 17.5. The number of amides is 1. The molecule has 1 aliphatic heterocycles. The summed E-state index contributed by atoms with van der Waals surface area (Å²) in [4.78, 5) is 21.4. The summed E-state index contributed by atoms with van der Waals surface area (Å²) in [5.74, 6) is 1.94. The number of methoxy groups -OCH3 is 1. The predicted octanol–water partition coefficient (Wildman–Crippen LogP) is 3.43. The quantitative estimate of drug-likeness (QED) is 0.634. The maximum Gasteiger partial charge on any atom is 0.262 e. The Balaban J connectivity index is 1.26. The van der Waals surface area contributed by atoms with Crippen LogP contribution in [-0.4, -0.2) is 50.8 Å². The molecule has 1 fully saturated rings. The lowest BCUT2D eigenvalue weighted by Gasteiger charge is -2.36. The van der Waals surface area contributed by atoms with E-state index in [0.29, 0.717) is 17.2 Å². The van der Waals surface area contributed by atoms with Crippen molar-refractivity contribution < 1.29 is 14.3 Å². The molecule has 0 bridgehead atoms. The van der Waals surface area contributed by atoms with Crippen molar-refractivity contribution >= 4 is 23.1 Å². The zero-order chi connectivity index (χ0) is 21.5. The molecule has 3 aromatic rings. The summed E-state index contributed by atoms with van der Waals surface area (Å²) in [5.41, 5.74) is 1.90. The highest BCUT2D eigenvalue weighted by atomic mass is 16.5. The van der Waals surface area contributed by atoms with Gasteiger partial charge in [-0.15, -0.1) is 0 Å². The smallest absolute Gasteiger partial charge is 0.262 e. The van der Waals surface area contributed by atoms with Crippen molar-refractivity contribution in [3.8, 4) is 11.5 Å². The zero-order valence-corrected chi connectivity index (χ0v) is 17.5. The van der Waals surface area contributed by atoms with Crippen LogP contribution in [0.1, 0.15) is 0 Å². The number of ether oxygens (including phenoxy) is 2. The summed E-state index contributed by atoms with van der Waals surface area (Å²) >= 11 is 0. The normalized spacial score (nSPS) is 13.6. The minimum Gasteiger partial charge on any atom is -0.497 e. The molecule has 0 radical (unpaired) electrons. The molecule has 0 unspecified atom stereocenters. The SMILES string of the molecule is COc1cccc(OCC(=O)Nc2ccc(N3CCN(c4ccccc4)CC3)nc2)c1. The minimum absolute atomic E-state index is 0.0869. The van der Waals surface area contributed by atoms with Crippen LogP contribution in [0, 0.1) is 0 Å². The van der Waals surface area contributed by atoms with Crippen LogP contribution in [0.5, 0.6) is 11.5 Å². The molecule has 2 heterocycles. The van der Waals surface area contributed by atoms with Crippen molar-refractivity contribution in [2.75, 3.05) is 55.0 Å². The van der Waals surface area contributed by atoms with Crippen LogP contribution < -0.4 is 24.6 Å². The van der Waals surface area contributed by atoms with E-state index in [4.69, 9.17) is 9.47 Å². The van der Waals surface area contributed by atoms with Crippen molar-refractivity contribution in [1.29, 1.82) is 0 Å². The van der Waals surface area contributed by atoms with Crippen LogP contribution in [0.15, 0.2) is 72.9 Å². The molecule has 1 amide bonds. The first-order chi connectivity index (χ1) is 15.2. The Morgan fingerprint density at radius 1 is 0.935 bits per heavy atom. The van der Waals surface area contributed by atoms with Crippen LogP contribution in [0.2, 0.25) is 0 Å². The van der Waals surface area contributed by atoms with Crippen molar-refractivity contribution in [1.82, 2.24) is 4.98 Å². The molecule has 2 aromatic carbocycles. The average Bonchev–Trinajstić information content (AvgIpc) is 2.84. The fraction of sp³-hybridized carbons (Fsp3) is 0.250. The van der Waals surface area contributed by atoms with Gasteiger partial charge in [0.25, 0.3) is 5.91 Å². The summed E-state index contributed by atoms with van der Waals surface area (Å²) in [5, 5.41) is 2.82. The highest BCUT2D eigenvalue weighted by Crippen LogP contribution is 2.21. The van der Waals surface area contributed by atoms with Gasteiger partial charge in [-0.25, -0.2) is 4.98 Å². The first-order valence-electron chi connectivity index (χ1n) is 10.3. The van der Waals surface area contributed by atoms with E-state index < -0.39 is 0 Å². The van der Waals surface area contributed by atoms with E-state index in [1.165, 1.54) is 5.69 Å². The van der Waals surface area contributed by atoms with Crippen LogP contribution >= 0.6 is 0 Å². The van der Waals surface area contributed by atoms with Crippen molar-refractivity contribution in [2.45, 2.75) is 0 Å². The third-order valence-electron chi connectivity index (χ3n) is 5.17. The molecule has 0 saturated carbocycles. The molecule has 1 aromatic heterocycles. The highest BCUT2D eigenvalue weighted by Gasteiger charge is 2.18. The Bertz CT molecular complexity index is 987. The van der Waals surface area contributed by atoms with Gasteiger partial charge in [-0.1, -0.05) is 24.3 Å². The first-order valence-corrected chi connectivity index (χ1v) is 10.3. The van der Waals surface area contributed by atoms with Gasteiger partial charge < -0.3 is 24.6 Å². The van der Waals surface area contributed by atoms with E-state index in [-0.39, 0.29) is 12.5 Å². The lowest BCUT2D eigenvalue weighted by molar-refractivity contribution is -0.118. The third-order valence-corrected chi connectivity index (χ3v) is 5.17. The molecule has 0 atom stereocenters. The maximum absolute atomic E-state index is 12.2. The molecule has 0 spiro atoms. The number of carbonyl (C=O) groups excluding carboxylic acids is 1.